The van der Waals surface area contributed by atoms with E-state index in [4.69, 9.17) is 4.98 Å². The van der Waals surface area contributed by atoms with Crippen molar-refractivity contribution >= 4 is 28.4 Å². The lowest BCUT2D eigenvalue weighted by atomic mass is 9.75. The van der Waals surface area contributed by atoms with Crippen LogP contribution in [0.4, 0.5) is 18.9 Å². The third-order valence-corrected chi connectivity index (χ3v) is 9.09. The Hall–Kier alpha value is -4.31. The molecule has 0 aliphatic carbocycles. The minimum Gasteiger partial charge on any atom is -0.283 e. The number of benzene rings is 3. The fraction of sp³-hybridized carbons (Fsp3) is 0.267. The van der Waals surface area contributed by atoms with Crippen LogP contribution in [0.2, 0.25) is 0 Å². The van der Waals surface area contributed by atoms with E-state index in [-0.39, 0.29) is 11.6 Å². The van der Waals surface area contributed by atoms with Gasteiger partial charge >= 0.3 is 6.18 Å². The number of hydrogen-bond acceptors (Lipinski definition) is 5. The van der Waals surface area contributed by atoms with E-state index in [9.17, 15) is 27.6 Å². The maximum absolute atomic E-state index is 14.4. The highest BCUT2D eigenvalue weighted by atomic mass is 19.4. The Labute approximate surface area is 225 Å². The van der Waals surface area contributed by atoms with Crippen molar-refractivity contribution in [3.63, 3.8) is 0 Å². The number of carbonyl (C=O) groups is 2. The molecule has 10 heteroatoms. The smallest absolute Gasteiger partial charge is 0.283 e. The molecule has 0 N–H and O–H groups in total. The second kappa shape index (κ2) is 7.66. The van der Waals surface area contributed by atoms with Crippen LogP contribution in [0.25, 0.3) is 16.6 Å². The summed E-state index contributed by atoms with van der Waals surface area (Å²) in [7, 11) is 0. The normalized spacial score (nSPS) is 27.0. The Morgan fingerprint density at radius 3 is 2.35 bits per heavy atom. The lowest BCUT2D eigenvalue weighted by Crippen LogP contribution is -2.51. The zero-order chi connectivity index (χ0) is 27.6. The molecule has 2 amide bonds. The summed E-state index contributed by atoms with van der Waals surface area (Å²) in [6.07, 6.45) is -3.40. The van der Waals surface area contributed by atoms with Crippen LogP contribution in [0.1, 0.15) is 29.8 Å². The van der Waals surface area contributed by atoms with E-state index in [1.165, 1.54) is 22.8 Å². The zero-order valence-electron chi connectivity index (χ0n) is 20.9. The quantitative estimate of drug-likeness (QED) is 0.337. The molecule has 4 atom stereocenters. The van der Waals surface area contributed by atoms with Crippen molar-refractivity contribution in [2.24, 2.45) is 11.8 Å². The Bertz CT molecular complexity index is 1850. The summed E-state index contributed by atoms with van der Waals surface area (Å²) < 4.78 is 43.6. The van der Waals surface area contributed by atoms with Gasteiger partial charge in [0.1, 0.15) is 11.4 Å². The third-order valence-electron chi connectivity index (χ3n) is 9.09. The summed E-state index contributed by atoms with van der Waals surface area (Å²) in [5.74, 6) is -2.93. The average Bonchev–Trinajstić information content (AvgIpc) is 3.66. The topological polar surface area (TPSA) is 75.5 Å². The number of halogens is 3. The third kappa shape index (κ3) is 2.64. The zero-order valence-corrected chi connectivity index (χ0v) is 20.9. The van der Waals surface area contributed by atoms with Crippen LogP contribution >= 0.6 is 0 Å². The molecule has 200 valence electrons. The first-order chi connectivity index (χ1) is 19.3. The number of anilines is 1. The second-order valence-corrected chi connectivity index (χ2v) is 10.8. The number of fused-ring (bicyclic) bond motifs is 11. The summed E-state index contributed by atoms with van der Waals surface area (Å²) in [5.41, 5.74) is -1.37. The van der Waals surface area contributed by atoms with Crippen LogP contribution in [0, 0.1) is 11.8 Å². The van der Waals surface area contributed by atoms with Gasteiger partial charge in [-0.1, -0.05) is 42.5 Å². The van der Waals surface area contributed by atoms with Gasteiger partial charge in [0.15, 0.2) is 0 Å². The monoisotopic (exact) mass is 542 g/mol. The molecular formula is C30H21F3N4O3. The van der Waals surface area contributed by atoms with Crippen molar-refractivity contribution in [3.8, 4) is 5.69 Å². The highest BCUT2D eigenvalue weighted by molar-refractivity contribution is 6.23. The van der Waals surface area contributed by atoms with E-state index in [0.29, 0.717) is 40.9 Å². The van der Waals surface area contributed by atoms with Gasteiger partial charge in [0.2, 0.25) is 11.8 Å². The summed E-state index contributed by atoms with van der Waals surface area (Å²) in [4.78, 5) is 50.2. The fourth-order valence-corrected chi connectivity index (χ4v) is 7.76. The van der Waals surface area contributed by atoms with Gasteiger partial charge in [-0.2, -0.15) is 13.2 Å². The molecule has 7 nitrogen and oxygen atoms in total. The van der Waals surface area contributed by atoms with Crippen molar-refractivity contribution in [3.05, 3.63) is 100 Å². The van der Waals surface area contributed by atoms with Crippen molar-refractivity contribution in [2.45, 2.75) is 30.6 Å². The number of imide groups is 1. The Morgan fingerprint density at radius 1 is 0.850 bits per heavy atom. The first-order valence-corrected chi connectivity index (χ1v) is 13.2. The van der Waals surface area contributed by atoms with Gasteiger partial charge < -0.3 is 0 Å². The Kier molecular flexibility index (Phi) is 4.51. The van der Waals surface area contributed by atoms with Crippen molar-refractivity contribution in [2.75, 3.05) is 11.4 Å². The summed E-state index contributed by atoms with van der Waals surface area (Å²) in [5, 5.41) is 0.417. The van der Waals surface area contributed by atoms with Crippen LogP contribution in [-0.4, -0.2) is 38.9 Å². The molecule has 0 unspecified atom stereocenters. The predicted octanol–water partition coefficient (Wildman–Crippen LogP) is 4.25. The predicted molar refractivity (Wildman–Crippen MR) is 139 cm³/mol. The van der Waals surface area contributed by atoms with Crippen molar-refractivity contribution in [1.82, 2.24) is 14.5 Å². The van der Waals surface area contributed by atoms with E-state index in [2.05, 4.69) is 4.90 Å². The molecule has 1 spiro atoms. The van der Waals surface area contributed by atoms with Gasteiger partial charge in [0, 0.05) is 11.6 Å². The molecule has 3 saturated heterocycles. The minimum absolute atomic E-state index is 0.292. The van der Waals surface area contributed by atoms with Gasteiger partial charge in [0.05, 0.1) is 39.7 Å². The lowest BCUT2D eigenvalue weighted by molar-refractivity contribution is -0.137. The van der Waals surface area contributed by atoms with Gasteiger partial charge in [0.25, 0.3) is 5.56 Å². The van der Waals surface area contributed by atoms with Crippen LogP contribution in [-0.2, 0) is 21.3 Å². The molecule has 40 heavy (non-hydrogen) atoms. The van der Waals surface area contributed by atoms with Gasteiger partial charge in [-0.3, -0.25) is 23.9 Å². The summed E-state index contributed by atoms with van der Waals surface area (Å²) >= 11 is 0. The van der Waals surface area contributed by atoms with E-state index >= 15 is 0 Å². The molecule has 0 radical (unpaired) electrons. The second-order valence-electron chi connectivity index (χ2n) is 10.8. The summed E-state index contributed by atoms with van der Waals surface area (Å²) in [6.45, 7) is 0.564. The van der Waals surface area contributed by atoms with Crippen LogP contribution < -0.4 is 10.5 Å². The van der Waals surface area contributed by atoms with Gasteiger partial charge in [-0.05, 0) is 49.7 Å². The molecule has 3 aromatic carbocycles. The first kappa shape index (κ1) is 23.6. The number of amides is 2. The number of para-hydroxylation sites is 3. The van der Waals surface area contributed by atoms with E-state index in [0.717, 1.165) is 17.4 Å². The van der Waals surface area contributed by atoms with E-state index in [1.807, 2.05) is 12.1 Å². The van der Waals surface area contributed by atoms with Crippen LogP contribution in [0.3, 0.4) is 0 Å². The van der Waals surface area contributed by atoms with Crippen molar-refractivity contribution < 1.29 is 22.8 Å². The Morgan fingerprint density at radius 2 is 1.55 bits per heavy atom. The number of nitrogens with zero attached hydrogens (tertiary/aromatic N) is 4. The molecule has 8 rings (SSSR count). The largest absolute Gasteiger partial charge is 0.418 e. The average molecular weight is 543 g/mol. The maximum atomic E-state index is 14.4. The molecule has 4 aromatic rings. The molecule has 3 fully saturated rings. The molecule has 4 aliphatic rings. The highest BCUT2D eigenvalue weighted by Crippen LogP contribution is 2.62. The maximum Gasteiger partial charge on any atom is 0.418 e. The van der Waals surface area contributed by atoms with Crippen LogP contribution in [0.5, 0.6) is 0 Å². The molecule has 4 aliphatic heterocycles. The molecule has 0 saturated carbocycles. The fourth-order valence-electron chi connectivity index (χ4n) is 7.76. The number of rotatable bonds is 1. The van der Waals surface area contributed by atoms with E-state index in [1.54, 1.807) is 36.4 Å². The molecule has 5 heterocycles. The van der Waals surface area contributed by atoms with Crippen LogP contribution in [0.15, 0.2) is 77.6 Å². The number of hydrogen-bond donors (Lipinski definition) is 0. The minimum atomic E-state index is -4.76. The molecule has 1 aromatic heterocycles. The standard InChI is InChI=1S/C30H21F3N4O3/c31-30(32,33)18-10-3-6-13-21(18)36-26(39)23-22-14-7-15-35(22)29(24(23)27(36)40)17-9-2-5-12-20(17)37-25(38)16-8-1-4-11-19(16)34-28(29)37/h1-6,8-13,22-24H,7,14-15H2/t22-,23+,24+,29+/m0/s1. The number of aromatic nitrogens is 2. The van der Waals surface area contributed by atoms with Gasteiger partial charge in [-0.25, -0.2) is 9.88 Å². The van der Waals surface area contributed by atoms with E-state index < -0.39 is 46.6 Å². The van der Waals surface area contributed by atoms with Gasteiger partial charge in [-0.15, -0.1) is 0 Å². The summed E-state index contributed by atoms with van der Waals surface area (Å²) in [6, 6.07) is 18.5. The first-order valence-electron chi connectivity index (χ1n) is 13.2. The number of carbonyl (C=O) groups excluding carboxylic acids is 2. The Balaban J connectivity index is 1.43. The van der Waals surface area contributed by atoms with Crippen molar-refractivity contribution in [1.29, 1.82) is 0 Å². The molecular weight excluding hydrogens is 521 g/mol. The highest BCUT2D eigenvalue weighted by Gasteiger charge is 2.74. The SMILES string of the molecule is O=C1[C@@H]2[C@@H]3CCCN3[C@]3(c4ccccc4-n4c3nc3ccccc3c4=O)[C@H]2C(=O)N1c1ccccc1C(F)(F)F. The lowest BCUT2D eigenvalue weighted by Gasteiger charge is -2.38. The number of alkyl halides is 3. The molecule has 0 bridgehead atoms.